The monoisotopic (exact) mass is 589 g/mol. The van der Waals surface area contributed by atoms with Crippen molar-refractivity contribution in [3.63, 3.8) is 0 Å². The summed E-state index contributed by atoms with van der Waals surface area (Å²) in [6.07, 6.45) is 7.61. The van der Waals surface area contributed by atoms with E-state index in [-0.39, 0.29) is 45.2 Å². The van der Waals surface area contributed by atoms with Gasteiger partial charge in [-0.15, -0.1) is 0 Å². The van der Waals surface area contributed by atoms with Crippen molar-refractivity contribution in [2.24, 2.45) is 24.8 Å². The highest BCUT2D eigenvalue weighted by Crippen LogP contribution is 2.47. The van der Waals surface area contributed by atoms with E-state index in [1.54, 1.807) is 30.1 Å². The maximum absolute atomic E-state index is 14.5. The second-order valence-electron chi connectivity index (χ2n) is 11.3. The molecule has 42 heavy (non-hydrogen) atoms. The fourth-order valence-corrected chi connectivity index (χ4v) is 7.99. The normalized spacial score (nSPS) is 22.2. The molecule has 3 fully saturated rings. The minimum absolute atomic E-state index is 0.0331. The number of pyridine rings is 1. The van der Waals surface area contributed by atoms with Gasteiger partial charge in [0.05, 0.1) is 28.6 Å². The number of benzene rings is 1. The highest BCUT2D eigenvalue weighted by atomic mass is 32.2. The summed E-state index contributed by atoms with van der Waals surface area (Å²) in [6, 6.07) is 7.30. The Morgan fingerprint density at radius 1 is 1.02 bits per heavy atom. The van der Waals surface area contributed by atoms with E-state index in [9.17, 15) is 22.7 Å². The van der Waals surface area contributed by atoms with Crippen LogP contribution in [0.3, 0.4) is 0 Å². The standard InChI is InChI=1S/C29H28FN7O4S/c1-15-3-9-19(10-4-15)42(40,41)37-14-22(20-11-18(30)12-31-27(20)37)26-34-25(21-13-32-36(2)28(21)35-26)33-24-17-7-5-16(6-8-17)23(24)29(38)39/h3-4,9-14,16-17,23-24H,5-8H2,1-2H3,(H,38,39)(H,33,34,35). The number of rotatable bonds is 6. The van der Waals surface area contributed by atoms with Crippen LogP contribution in [0.5, 0.6) is 0 Å². The molecule has 0 saturated heterocycles. The molecular formula is C29H28FN7O4S. The lowest BCUT2D eigenvalue weighted by molar-refractivity contribution is -0.148. The number of carboxylic acid groups (broad SMARTS) is 1. The lowest BCUT2D eigenvalue weighted by Gasteiger charge is -2.47. The summed E-state index contributed by atoms with van der Waals surface area (Å²) < 4.78 is 44.6. The van der Waals surface area contributed by atoms with E-state index in [2.05, 4.69) is 15.4 Å². The van der Waals surface area contributed by atoms with Gasteiger partial charge in [0.1, 0.15) is 11.6 Å². The van der Waals surface area contributed by atoms with Crippen LogP contribution < -0.4 is 5.32 Å². The van der Waals surface area contributed by atoms with Crippen molar-refractivity contribution >= 4 is 43.9 Å². The number of nitrogens with zero attached hydrogens (tertiary/aromatic N) is 6. The first-order valence-electron chi connectivity index (χ1n) is 13.8. The topological polar surface area (TPSA) is 145 Å². The highest BCUT2D eigenvalue weighted by molar-refractivity contribution is 7.90. The van der Waals surface area contributed by atoms with Crippen LogP contribution in [0, 0.1) is 30.5 Å². The summed E-state index contributed by atoms with van der Waals surface area (Å²) >= 11 is 0. The Balaban J connectivity index is 1.40. The predicted molar refractivity (Wildman–Crippen MR) is 153 cm³/mol. The van der Waals surface area contributed by atoms with E-state index in [1.165, 1.54) is 24.4 Å². The van der Waals surface area contributed by atoms with Crippen LogP contribution >= 0.6 is 0 Å². The first-order valence-corrected chi connectivity index (χ1v) is 15.2. The van der Waals surface area contributed by atoms with Gasteiger partial charge in [0.25, 0.3) is 10.0 Å². The van der Waals surface area contributed by atoms with Crippen molar-refractivity contribution in [2.75, 3.05) is 5.32 Å². The number of carbonyl (C=O) groups is 1. The van der Waals surface area contributed by atoms with E-state index in [1.807, 2.05) is 6.92 Å². The quantitative estimate of drug-likeness (QED) is 0.295. The minimum Gasteiger partial charge on any atom is -0.481 e. The second kappa shape index (κ2) is 9.58. The number of hydrogen-bond donors (Lipinski definition) is 2. The number of hydrogen-bond acceptors (Lipinski definition) is 8. The average Bonchev–Trinajstić information content (AvgIpc) is 3.54. The minimum atomic E-state index is -4.10. The molecular weight excluding hydrogens is 561 g/mol. The summed E-state index contributed by atoms with van der Waals surface area (Å²) in [5.74, 6) is -1.21. The molecule has 13 heteroatoms. The number of halogens is 1. The van der Waals surface area contributed by atoms with Gasteiger partial charge in [-0.3, -0.25) is 9.48 Å². The van der Waals surface area contributed by atoms with Crippen molar-refractivity contribution < 1.29 is 22.7 Å². The van der Waals surface area contributed by atoms with Crippen LogP contribution in [-0.4, -0.2) is 54.2 Å². The first-order chi connectivity index (χ1) is 20.1. The first kappa shape index (κ1) is 26.5. The molecule has 1 aromatic carbocycles. The zero-order valence-corrected chi connectivity index (χ0v) is 23.7. The summed E-state index contributed by atoms with van der Waals surface area (Å²) in [7, 11) is -2.38. The second-order valence-corrected chi connectivity index (χ2v) is 13.1. The Kier molecular flexibility index (Phi) is 6.05. The zero-order valence-electron chi connectivity index (χ0n) is 22.9. The number of fused-ring (bicyclic) bond motifs is 5. The van der Waals surface area contributed by atoms with Gasteiger partial charge in [0.2, 0.25) is 0 Å². The average molecular weight is 590 g/mol. The third-order valence-electron chi connectivity index (χ3n) is 8.80. The smallest absolute Gasteiger partial charge is 0.308 e. The molecule has 2 bridgehead atoms. The molecule has 0 radical (unpaired) electrons. The van der Waals surface area contributed by atoms with Gasteiger partial charge in [-0.1, -0.05) is 17.7 Å². The molecule has 0 amide bonds. The van der Waals surface area contributed by atoms with Gasteiger partial charge in [0, 0.05) is 30.2 Å². The third kappa shape index (κ3) is 4.13. The van der Waals surface area contributed by atoms with Crippen LogP contribution in [0.2, 0.25) is 0 Å². The SMILES string of the molecule is Cc1ccc(S(=O)(=O)n2cc(-c3nc(NC4C5CCC(CC5)C4C(=O)O)c4cnn(C)c4n3)c3cc(F)cnc32)cc1. The molecule has 2 atom stereocenters. The lowest BCUT2D eigenvalue weighted by atomic mass is 9.61. The van der Waals surface area contributed by atoms with Crippen LogP contribution in [0.4, 0.5) is 10.2 Å². The van der Waals surface area contributed by atoms with Crippen LogP contribution in [-0.2, 0) is 21.9 Å². The molecule has 4 heterocycles. The van der Waals surface area contributed by atoms with Gasteiger partial charge < -0.3 is 10.4 Å². The molecule has 216 valence electrons. The molecule has 4 aromatic heterocycles. The number of anilines is 1. The van der Waals surface area contributed by atoms with E-state index < -0.39 is 27.7 Å². The van der Waals surface area contributed by atoms with Gasteiger partial charge in [-0.05, 0) is 62.6 Å². The van der Waals surface area contributed by atoms with Crippen molar-refractivity contribution in [3.05, 3.63) is 60.3 Å². The van der Waals surface area contributed by atoms with E-state index >= 15 is 0 Å². The Morgan fingerprint density at radius 2 is 1.74 bits per heavy atom. The largest absolute Gasteiger partial charge is 0.481 e. The summed E-state index contributed by atoms with van der Waals surface area (Å²) in [4.78, 5) is 26.0. The Bertz CT molecular complexity index is 1980. The zero-order chi connectivity index (χ0) is 29.3. The maximum atomic E-state index is 14.5. The lowest BCUT2D eigenvalue weighted by Crippen LogP contribution is -2.51. The fourth-order valence-electron chi connectivity index (χ4n) is 6.66. The molecule has 2 unspecified atom stereocenters. The molecule has 3 aliphatic carbocycles. The summed E-state index contributed by atoms with van der Waals surface area (Å²) in [6.45, 7) is 1.86. The number of aryl methyl sites for hydroxylation is 2. The van der Waals surface area contributed by atoms with Gasteiger partial charge in [-0.25, -0.2) is 31.7 Å². The third-order valence-corrected chi connectivity index (χ3v) is 10.5. The summed E-state index contributed by atoms with van der Waals surface area (Å²) in [5.41, 5.74) is 1.66. The van der Waals surface area contributed by atoms with Crippen molar-refractivity contribution in [3.8, 4) is 11.4 Å². The van der Waals surface area contributed by atoms with Crippen molar-refractivity contribution in [1.29, 1.82) is 0 Å². The van der Waals surface area contributed by atoms with Crippen molar-refractivity contribution in [2.45, 2.75) is 43.5 Å². The van der Waals surface area contributed by atoms with Gasteiger partial charge in [-0.2, -0.15) is 5.10 Å². The Hall–Kier alpha value is -4.39. The van der Waals surface area contributed by atoms with E-state index in [0.717, 1.165) is 41.4 Å². The van der Waals surface area contributed by atoms with Crippen LogP contribution in [0.1, 0.15) is 31.2 Å². The Morgan fingerprint density at radius 3 is 2.45 bits per heavy atom. The molecule has 5 aromatic rings. The predicted octanol–water partition coefficient (Wildman–Crippen LogP) is 4.37. The van der Waals surface area contributed by atoms with Crippen LogP contribution in [0.25, 0.3) is 33.5 Å². The molecule has 0 aliphatic heterocycles. The molecule has 3 saturated carbocycles. The van der Waals surface area contributed by atoms with Crippen molar-refractivity contribution in [1.82, 2.24) is 28.7 Å². The molecule has 8 rings (SSSR count). The van der Waals surface area contributed by atoms with E-state index in [0.29, 0.717) is 16.9 Å². The number of aliphatic carboxylic acids is 1. The molecule has 3 aliphatic rings. The van der Waals surface area contributed by atoms with Gasteiger partial charge in [0.15, 0.2) is 17.1 Å². The number of aromatic nitrogens is 6. The van der Waals surface area contributed by atoms with E-state index in [4.69, 9.17) is 9.97 Å². The van der Waals surface area contributed by atoms with Gasteiger partial charge >= 0.3 is 5.97 Å². The fraction of sp³-hybridized carbons (Fsp3) is 0.345. The summed E-state index contributed by atoms with van der Waals surface area (Å²) in [5, 5.41) is 18.7. The number of nitrogens with one attached hydrogen (secondary N) is 1. The molecule has 2 N–H and O–H groups in total. The number of carboxylic acids is 1. The highest BCUT2D eigenvalue weighted by Gasteiger charge is 2.47. The Labute approximate surface area is 240 Å². The van der Waals surface area contributed by atoms with Crippen LogP contribution in [0.15, 0.2) is 53.8 Å². The molecule has 0 spiro atoms. The maximum Gasteiger partial charge on any atom is 0.308 e. The molecule has 11 nitrogen and oxygen atoms in total.